The quantitative estimate of drug-likeness (QED) is 0.538. The molecule has 1 aromatic carbocycles. The summed E-state index contributed by atoms with van der Waals surface area (Å²) in [6.45, 7) is 0. The lowest BCUT2D eigenvalue weighted by Gasteiger charge is -2.21. The van der Waals surface area contributed by atoms with Crippen LogP contribution in [0.5, 0.6) is 0 Å². The van der Waals surface area contributed by atoms with E-state index in [2.05, 4.69) is 10.6 Å². The topological polar surface area (TPSA) is 81.6 Å². The molecule has 3 rings (SSSR count). The van der Waals surface area contributed by atoms with Gasteiger partial charge in [-0.3, -0.25) is 10.1 Å². The van der Waals surface area contributed by atoms with Crippen molar-refractivity contribution in [3.8, 4) is 0 Å². The maximum atomic E-state index is 10.9. The first-order valence-corrected chi connectivity index (χ1v) is 5.18. The zero-order valence-electron chi connectivity index (χ0n) is 8.47. The molecule has 2 heterocycles. The summed E-state index contributed by atoms with van der Waals surface area (Å²) in [4.78, 5) is 10.9. The Morgan fingerprint density at radius 1 is 1.44 bits per heavy atom. The minimum atomic E-state index is -1.11. The van der Waals surface area contributed by atoms with Gasteiger partial charge >= 0.3 is 5.97 Å². The number of aliphatic hydroxyl groups is 1. The summed E-state index contributed by atoms with van der Waals surface area (Å²) in [5, 5.41) is 25.4. The van der Waals surface area contributed by atoms with Gasteiger partial charge in [-0.15, -0.1) is 0 Å². The monoisotopic (exact) mass is 220 g/mol. The van der Waals surface area contributed by atoms with Crippen molar-refractivity contribution in [3.63, 3.8) is 0 Å². The van der Waals surface area contributed by atoms with E-state index in [1.807, 2.05) is 24.3 Å². The van der Waals surface area contributed by atoms with Gasteiger partial charge in [0, 0.05) is 17.7 Å². The molecule has 1 fully saturated rings. The Hall–Kier alpha value is -1.59. The van der Waals surface area contributed by atoms with E-state index >= 15 is 0 Å². The molecule has 84 valence electrons. The summed E-state index contributed by atoms with van der Waals surface area (Å²) in [5.41, 5.74) is 0.530. The van der Waals surface area contributed by atoms with Gasteiger partial charge in [0.05, 0.1) is 0 Å². The van der Waals surface area contributed by atoms with Crippen molar-refractivity contribution in [2.75, 3.05) is 5.32 Å². The highest BCUT2D eigenvalue weighted by Crippen LogP contribution is 2.44. The Bertz CT molecular complexity index is 462. The summed E-state index contributed by atoms with van der Waals surface area (Å²) in [7, 11) is 0. The minimum Gasteiger partial charge on any atom is -0.480 e. The number of aliphatic carboxylic acids is 1. The largest absolute Gasteiger partial charge is 0.480 e. The van der Waals surface area contributed by atoms with Crippen LogP contribution in [0.25, 0.3) is 0 Å². The van der Waals surface area contributed by atoms with Gasteiger partial charge in [0.1, 0.15) is 17.8 Å². The molecule has 16 heavy (non-hydrogen) atoms. The lowest BCUT2D eigenvalue weighted by molar-refractivity contribution is -0.139. The molecule has 0 aliphatic carbocycles. The average molecular weight is 220 g/mol. The fourth-order valence-corrected chi connectivity index (χ4v) is 2.55. The number of anilines is 1. The van der Waals surface area contributed by atoms with Crippen molar-refractivity contribution >= 4 is 11.7 Å². The van der Waals surface area contributed by atoms with Gasteiger partial charge in [-0.05, 0) is 6.07 Å². The van der Waals surface area contributed by atoms with Crippen LogP contribution in [0.4, 0.5) is 5.69 Å². The minimum absolute atomic E-state index is 0.191. The maximum Gasteiger partial charge on any atom is 0.320 e. The number of carbonyl (C=O) groups is 1. The smallest absolute Gasteiger partial charge is 0.320 e. The van der Waals surface area contributed by atoms with Crippen molar-refractivity contribution in [1.82, 2.24) is 5.32 Å². The molecule has 2 aliphatic rings. The van der Waals surface area contributed by atoms with Crippen molar-refractivity contribution in [2.45, 2.75) is 24.2 Å². The van der Waals surface area contributed by atoms with Gasteiger partial charge in [0.15, 0.2) is 0 Å². The highest BCUT2D eigenvalue weighted by Gasteiger charge is 2.53. The normalized spacial score (nSPS) is 35.3. The van der Waals surface area contributed by atoms with E-state index in [0.717, 1.165) is 11.3 Å². The maximum absolute atomic E-state index is 10.9. The molecule has 0 amide bonds. The Balaban J connectivity index is 2.01. The second-order valence-electron chi connectivity index (χ2n) is 4.31. The first kappa shape index (κ1) is 9.62. The molecule has 2 unspecified atom stereocenters. The number of hydrogen-bond acceptors (Lipinski definition) is 4. The van der Waals surface area contributed by atoms with Crippen LogP contribution in [0.3, 0.4) is 0 Å². The van der Waals surface area contributed by atoms with Crippen molar-refractivity contribution in [1.29, 1.82) is 0 Å². The van der Waals surface area contributed by atoms with Crippen LogP contribution >= 0.6 is 0 Å². The molecule has 0 aromatic heterocycles. The number of carboxylic acid groups (broad SMARTS) is 1. The number of nitrogens with one attached hydrogen (secondary N) is 2. The number of para-hydroxylation sites is 1. The summed E-state index contributed by atoms with van der Waals surface area (Å²) < 4.78 is 0. The van der Waals surface area contributed by atoms with Gasteiger partial charge < -0.3 is 15.5 Å². The summed E-state index contributed by atoms with van der Waals surface area (Å²) in [6.07, 6.45) is -0.220. The van der Waals surface area contributed by atoms with Crippen LogP contribution < -0.4 is 10.6 Å². The highest BCUT2D eigenvalue weighted by atomic mass is 16.4. The second kappa shape index (κ2) is 2.96. The second-order valence-corrected chi connectivity index (χ2v) is 4.31. The predicted octanol–water partition coefficient (Wildman–Crippen LogP) is 0.0723. The Morgan fingerprint density at radius 2 is 2.19 bits per heavy atom. The van der Waals surface area contributed by atoms with Crippen LogP contribution in [0, 0.1) is 0 Å². The molecule has 0 saturated carbocycles. The van der Waals surface area contributed by atoms with Crippen molar-refractivity contribution < 1.29 is 15.0 Å². The van der Waals surface area contributed by atoms with Crippen LogP contribution in [-0.4, -0.2) is 28.4 Å². The van der Waals surface area contributed by atoms with E-state index in [-0.39, 0.29) is 6.42 Å². The van der Waals surface area contributed by atoms with Crippen molar-refractivity contribution in [2.24, 2.45) is 0 Å². The van der Waals surface area contributed by atoms with E-state index < -0.39 is 23.8 Å². The lowest BCUT2D eigenvalue weighted by Crippen LogP contribution is -2.42. The molecule has 1 aromatic rings. The van der Waals surface area contributed by atoms with Crippen LogP contribution in [-0.2, 0) is 10.4 Å². The zero-order chi connectivity index (χ0) is 11.3. The summed E-state index contributed by atoms with van der Waals surface area (Å²) in [6, 6.07) is 6.73. The van der Waals surface area contributed by atoms with Gasteiger partial charge in [0.2, 0.25) is 0 Å². The Labute approximate surface area is 92.1 Å². The fraction of sp³-hybridized carbons (Fsp3) is 0.364. The molecular weight excluding hydrogens is 208 g/mol. The SMILES string of the molecule is O=C(O)[C@@H]1CC2(O)c3ccccc3NC2N1. The van der Waals surface area contributed by atoms with Gasteiger partial charge in [-0.25, -0.2) is 0 Å². The molecule has 0 bridgehead atoms. The molecule has 3 atom stereocenters. The van der Waals surface area contributed by atoms with Crippen LogP contribution in [0.2, 0.25) is 0 Å². The molecule has 5 heteroatoms. The van der Waals surface area contributed by atoms with Crippen LogP contribution in [0.1, 0.15) is 12.0 Å². The molecule has 0 spiro atoms. The van der Waals surface area contributed by atoms with E-state index in [1.54, 1.807) is 0 Å². The third-order valence-corrected chi connectivity index (χ3v) is 3.35. The predicted molar refractivity (Wildman–Crippen MR) is 56.9 cm³/mol. The molecule has 4 N–H and O–H groups in total. The van der Waals surface area contributed by atoms with Crippen LogP contribution in [0.15, 0.2) is 24.3 Å². The summed E-state index contributed by atoms with van der Waals surface area (Å²) >= 11 is 0. The Morgan fingerprint density at radius 3 is 2.94 bits per heavy atom. The number of hydrogen-bond donors (Lipinski definition) is 4. The number of carboxylic acids is 1. The number of rotatable bonds is 1. The van der Waals surface area contributed by atoms with Gasteiger partial charge in [0.25, 0.3) is 0 Å². The number of fused-ring (bicyclic) bond motifs is 3. The van der Waals surface area contributed by atoms with E-state index in [4.69, 9.17) is 5.11 Å². The van der Waals surface area contributed by atoms with E-state index in [1.165, 1.54) is 0 Å². The third-order valence-electron chi connectivity index (χ3n) is 3.35. The van der Waals surface area contributed by atoms with Crippen molar-refractivity contribution in [3.05, 3.63) is 29.8 Å². The van der Waals surface area contributed by atoms with Gasteiger partial charge in [-0.1, -0.05) is 18.2 Å². The standard InChI is InChI=1S/C11H12N2O3/c14-9(15)8-5-11(16)6-3-1-2-4-7(6)12-10(11)13-8/h1-4,8,10,12-13,16H,5H2,(H,14,15)/t8-,10?,11?/m0/s1. The third kappa shape index (κ3) is 1.10. The summed E-state index contributed by atoms with van der Waals surface area (Å²) in [5.74, 6) is -0.929. The highest BCUT2D eigenvalue weighted by molar-refractivity contribution is 5.76. The average Bonchev–Trinajstić information content (AvgIpc) is 2.69. The van der Waals surface area contributed by atoms with E-state index in [9.17, 15) is 9.90 Å². The lowest BCUT2D eigenvalue weighted by atomic mass is 9.91. The van der Waals surface area contributed by atoms with E-state index in [0.29, 0.717) is 0 Å². The molecule has 1 saturated heterocycles. The Kier molecular flexibility index (Phi) is 1.78. The first-order chi connectivity index (χ1) is 7.61. The first-order valence-electron chi connectivity index (χ1n) is 5.18. The molecular formula is C11H12N2O3. The van der Waals surface area contributed by atoms with Gasteiger partial charge in [-0.2, -0.15) is 0 Å². The molecule has 2 aliphatic heterocycles. The zero-order valence-corrected chi connectivity index (χ0v) is 8.47. The molecule has 0 radical (unpaired) electrons. The number of benzene rings is 1. The molecule has 5 nitrogen and oxygen atoms in total. The fourth-order valence-electron chi connectivity index (χ4n) is 2.55.